The monoisotopic (exact) mass is 334 g/mol. The number of pyridine rings is 1. The Morgan fingerprint density at radius 1 is 1.08 bits per heavy atom. The summed E-state index contributed by atoms with van der Waals surface area (Å²) in [5, 5.41) is 11.5. The number of anilines is 2. The number of rotatable bonds is 7. The number of nitrogens with zero attached hydrogens (tertiary/aromatic N) is 5. The summed E-state index contributed by atoms with van der Waals surface area (Å²) in [7, 11) is 1.97. The third-order valence-electron chi connectivity index (χ3n) is 3.93. The number of hydrogen-bond donors (Lipinski definition) is 1. The van der Waals surface area contributed by atoms with E-state index in [-0.39, 0.29) is 0 Å². The molecule has 0 saturated heterocycles. The van der Waals surface area contributed by atoms with Crippen LogP contribution in [0.3, 0.4) is 0 Å². The van der Waals surface area contributed by atoms with E-state index in [0.29, 0.717) is 12.5 Å². The molecule has 0 saturated carbocycles. The number of benzene rings is 1. The van der Waals surface area contributed by atoms with E-state index >= 15 is 0 Å². The van der Waals surface area contributed by atoms with E-state index in [4.69, 9.17) is 0 Å². The lowest BCUT2D eigenvalue weighted by atomic mass is 10.1. The summed E-state index contributed by atoms with van der Waals surface area (Å²) in [5.74, 6) is 1.34. The topological polar surface area (TPSA) is 66.8 Å². The van der Waals surface area contributed by atoms with Crippen LogP contribution >= 0.6 is 0 Å². The Morgan fingerprint density at radius 3 is 2.72 bits per heavy atom. The molecule has 0 aliphatic rings. The van der Waals surface area contributed by atoms with Crippen LogP contribution in [0.15, 0.2) is 55.0 Å². The highest BCUT2D eigenvalue weighted by Crippen LogP contribution is 2.11. The fourth-order valence-corrected chi connectivity index (χ4v) is 2.50. The van der Waals surface area contributed by atoms with Crippen molar-refractivity contribution in [2.45, 2.75) is 19.9 Å². The zero-order valence-electron chi connectivity index (χ0n) is 14.6. The van der Waals surface area contributed by atoms with E-state index in [2.05, 4.69) is 56.7 Å². The largest absolute Gasteiger partial charge is 0.365 e. The van der Waals surface area contributed by atoms with Gasteiger partial charge in [0, 0.05) is 32.5 Å². The van der Waals surface area contributed by atoms with E-state index < -0.39 is 0 Å². The second-order valence-electron chi connectivity index (χ2n) is 6.01. The lowest BCUT2D eigenvalue weighted by Crippen LogP contribution is -2.23. The molecule has 0 fully saturated rings. The first kappa shape index (κ1) is 16.8. The summed E-state index contributed by atoms with van der Waals surface area (Å²) in [6, 6.07) is 12.4. The molecule has 0 aliphatic carbocycles. The van der Waals surface area contributed by atoms with Gasteiger partial charge in [-0.2, -0.15) is 10.1 Å². The summed E-state index contributed by atoms with van der Waals surface area (Å²) < 4.78 is 0. The van der Waals surface area contributed by atoms with Crippen LogP contribution in [-0.2, 0) is 13.0 Å². The van der Waals surface area contributed by atoms with Crippen molar-refractivity contribution in [3.63, 3.8) is 0 Å². The van der Waals surface area contributed by atoms with Crippen molar-refractivity contribution in [3.8, 4) is 0 Å². The molecule has 2 aromatic heterocycles. The van der Waals surface area contributed by atoms with Gasteiger partial charge < -0.3 is 10.2 Å². The number of aryl methyl sites for hydroxylation is 1. The molecule has 1 N–H and O–H groups in total. The quantitative estimate of drug-likeness (QED) is 0.717. The van der Waals surface area contributed by atoms with Gasteiger partial charge >= 0.3 is 0 Å². The average Bonchev–Trinajstić information content (AvgIpc) is 2.65. The van der Waals surface area contributed by atoms with Gasteiger partial charge in [-0.15, -0.1) is 5.10 Å². The third kappa shape index (κ3) is 4.97. The summed E-state index contributed by atoms with van der Waals surface area (Å²) in [6.07, 6.45) is 6.17. The Kier molecular flexibility index (Phi) is 5.51. The maximum Gasteiger partial charge on any atom is 0.247 e. The fraction of sp³-hybridized carbons (Fsp3) is 0.263. The highest BCUT2D eigenvalue weighted by Gasteiger charge is 2.07. The van der Waals surface area contributed by atoms with Gasteiger partial charge in [-0.05, 0) is 36.6 Å². The number of hydrogen-bond acceptors (Lipinski definition) is 6. The van der Waals surface area contributed by atoms with Gasteiger partial charge in [0.2, 0.25) is 5.95 Å². The lowest BCUT2D eigenvalue weighted by Gasteiger charge is -2.17. The highest BCUT2D eigenvalue weighted by atomic mass is 15.3. The Hall–Kier alpha value is -3.02. The first-order valence-corrected chi connectivity index (χ1v) is 8.30. The second-order valence-corrected chi connectivity index (χ2v) is 6.01. The predicted molar refractivity (Wildman–Crippen MR) is 99.5 cm³/mol. The summed E-state index contributed by atoms with van der Waals surface area (Å²) in [4.78, 5) is 10.6. The van der Waals surface area contributed by atoms with Crippen molar-refractivity contribution >= 4 is 11.8 Å². The molecule has 25 heavy (non-hydrogen) atoms. The van der Waals surface area contributed by atoms with Gasteiger partial charge in [0.1, 0.15) is 0 Å². The molecule has 0 atom stereocenters. The van der Waals surface area contributed by atoms with Crippen LogP contribution in [0.5, 0.6) is 0 Å². The standard InChI is InChI=1S/C19H22N6/c1-15-4-3-5-17(12-15)13-21-18-14-22-24-19(23-18)25(2)11-8-16-6-9-20-10-7-16/h3-7,9-10,12,14H,8,11,13H2,1-2H3,(H,21,23,24). The smallest absolute Gasteiger partial charge is 0.247 e. The maximum atomic E-state index is 4.55. The molecule has 3 rings (SSSR count). The van der Waals surface area contributed by atoms with Gasteiger partial charge in [-0.25, -0.2) is 0 Å². The zero-order chi connectivity index (χ0) is 17.5. The minimum Gasteiger partial charge on any atom is -0.365 e. The van der Waals surface area contributed by atoms with Crippen molar-refractivity contribution in [2.24, 2.45) is 0 Å². The molecular weight excluding hydrogens is 312 g/mol. The summed E-state index contributed by atoms with van der Waals surface area (Å²) >= 11 is 0. The number of likely N-dealkylation sites (N-methyl/N-ethyl adjacent to an activating group) is 1. The van der Waals surface area contributed by atoms with Crippen molar-refractivity contribution in [2.75, 3.05) is 23.8 Å². The molecule has 0 spiro atoms. The van der Waals surface area contributed by atoms with E-state index in [1.54, 1.807) is 6.20 Å². The molecule has 6 heteroatoms. The van der Waals surface area contributed by atoms with E-state index in [9.17, 15) is 0 Å². The van der Waals surface area contributed by atoms with Gasteiger partial charge in [0.15, 0.2) is 5.82 Å². The van der Waals surface area contributed by atoms with Crippen LogP contribution in [0.1, 0.15) is 16.7 Å². The Labute approximate surface area is 148 Å². The molecule has 3 aromatic rings. The van der Waals surface area contributed by atoms with Crippen LogP contribution in [0.2, 0.25) is 0 Å². The maximum absolute atomic E-state index is 4.55. The van der Waals surface area contributed by atoms with E-state index in [1.165, 1.54) is 16.7 Å². The molecule has 128 valence electrons. The lowest BCUT2D eigenvalue weighted by molar-refractivity contribution is 0.810. The van der Waals surface area contributed by atoms with Crippen LogP contribution < -0.4 is 10.2 Å². The van der Waals surface area contributed by atoms with Crippen molar-refractivity contribution in [3.05, 3.63) is 71.7 Å². The van der Waals surface area contributed by atoms with Gasteiger partial charge in [-0.3, -0.25) is 4.98 Å². The first-order chi connectivity index (χ1) is 12.2. The first-order valence-electron chi connectivity index (χ1n) is 8.30. The fourth-order valence-electron chi connectivity index (χ4n) is 2.50. The van der Waals surface area contributed by atoms with E-state index in [0.717, 1.165) is 18.8 Å². The molecular formula is C19H22N6. The predicted octanol–water partition coefficient (Wildman–Crippen LogP) is 2.87. The molecule has 0 amide bonds. The average molecular weight is 334 g/mol. The van der Waals surface area contributed by atoms with Crippen molar-refractivity contribution in [1.82, 2.24) is 20.2 Å². The minimum absolute atomic E-state index is 0.614. The van der Waals surface area contributed by atoms with Gasteiger partial charge in [0.25, 0.3) is 0 Å². The van der Waals surface area contributed by atoms with Crippen molar-refractivity contribution in [1.29, 1.82) is 0 Å². The summed E-state index contributed by atoms with van der Waals surface area (Å²) in [6.45, 7) is 3.61. The molecule has 2 heterocycles. The third-order valence-corrected chi connectivity index (χ3v) is 3.93. The zero-order valence-corrected chi connectivity index (χ0v) is 14.6. The number of nitrogens with one attached hydrogen (secondary N) is 1. The Balaban J connectivity index is 1.58. The molecule has 0 radical (unpaired) electrons. The molecule has 0 aliphatic heterocycles. The molecule has 0 unspecified atom stereocenters. The van der Waals surface area contributed by atoms with Gasteiger partial charge in [0.05, 0.1) is 6.20 Å². The molecule has 1 aromatic carbocycles. The Morgan fingerprint density at radius 2 is 1.92 bits per heavy atom. The molecule has 0 bridgehead atoms. The SMILES string of the molecule is Cc1cccc(CNc2cnnc(N(C)CCc3ccncc3)n2)c1. The second kappa shape index (κ2) is 8.19. The van der Waals surface area contributed by atoms with Crippen LogP contribution in [0.4, 0.5) is 11.8 Å². The normalized spacial score (nSPS) is 10.5. The van der Waals surface area contributed by atoms with Crippen LogP contribution in [0.25, 0.3) is 0 Å². The molecule has 6 nitrogen and oxygen atoms in total. The van der Waals surface area contributed by atoms with Crippen molar-refractivity contribution < 1.29 is 0 Å². The number of aromatic nitrogens is 4. The highest BCUT2D eigenvalue weighted by molar-refractivity contribution is 5.39. The minimum atomic E-state index is 0.614. The van der Waals surface area contributed by atoms with Crippen LogP contribution in [0, 0.1) is 6.92 Å². The van der Waals surface area contributed by atoms with Gasteiger partial charge in [-0.1, -0.05) is 29.8 Å². The summed E-state index contributed by atoms with van der Waals surface area (Å²) in [5.41, 5.74) is 3.70. The van der Waals surface area contributed by atoms with E-state index in [1.807, 2.05) is 36.5 Å². The Bertz CT molecular complexity index is 806. The van der Waals surface area contributed by atoms with Crippen LogP contribution in [-0.4, -0.2) is 33.8 Å².